The van der Waals surface area contributed by atoms with Gasteiger partial charge in [0.15, 0.2) is 0 Å². The molecule has 0 bridgehead atoms. The lowest BCUT2D eigenvalue weighted by molar-refractivity contribution is -0.384. The summed E-state index contributed by atoms with van der Waals surface area (Å²) in [5.41, 5.74) is -0.479. The summed E-state index contributed by atoms with van der Waals surface area (Å²) in [6, 6.07) is 10.7. The highest BCUT2D eigenvalue weighted by Crippen LogP contribution is 2.34. The molecule has 6 nitrogen and oxygen atoms in total. The Balaban J connectivity index is 2.02. The number of carbonyl (C=O) groups excluding carboxylic acids is 1. The van der Waals surface area contributed by atoms with Crippen molar-refractivity contribution in [3.8, 4) is 0 Å². The molecule has 0 spiro atoms. The van der Waals surface area contributed by atoms with E-state index < -0.39 is 22.6 Å². The number of nitrogens with one attached hydrogen (secondary N) is 1. The lowest BCUT2D eigenvalue weighted by atomic mass is 10.1. The van der Waals surface area contributed by atoms with Crippen LogP contribution in [-0.2, 0) is 17.5 Å². The van der Waals surface area contributed by atoms with E-state index >= 15 is 0 Å². The lowest BCUT2D eigenvalue weighted by Gasteiger charge is -2.20. The molecule has 0 aromatic heterocycles. The highest BCUT2D eigenvalue weighted by Gasteiger charge is 2.33. The number of para-hydroxylation sites is 1. The van der Waals surface area contributed by atoms with Crippen LogP contribution in [-0.4, -0.2) is 28.8 Å². The zero-order valence-corrected chi connectivity index (χ0v) is 14.5. The lowest BCUT2D eigenvalue weighted by Crippen LogP contribution is -2.33. The molecule has 0 aliphatic carbocycles. The van der Waals surface area contributed by atoms with Gasteiger partial charge in [-0.1, -0.05) is 31.2 Å². The second-order valence-corrected chi connectivity index (χ2v) is 5.82. The van der Waals surface area contributed by atoms with Crippen LogP contribution in [0.5, 0.6) is 0 Å². The van der Waals surface area contributed by atoms with Crippen LogP contribution in [0.1, 0.15) is 18.1 Å². The molecule has 1 amide bonds. The highest BCUT2D eigenvalue weighted by molar-refractivity contribution is 5.93. The summed E-state index contributed by atoms with van der Waals surface area (Å²) in [7, 11) is 0. The van der Waals surface area contributed by atoms with Crippen LogP contribution in [0.25, 0.3) is 0 Å². The van der Waals surface area contributed by atoms with E-state index in [2.05, 4.69) is 5.32 Å². The molecule has 0 saturated carbocycles. The first-order valence-electron chi connectivity index (χ1n) is 8.12. The molecule has 0 aliphatic heterocycles. The quantitative estimate of drug-likeness (QED) is 0.579. The smallest absolute Gasteiger partial charge is 0.324 e. The molecule has 2 rings (SSSR count). The molecule has 1 N–H and O–H groups in total. The molecule has 2 aromatic carbocycles. The molecular weight excluding hydrogens is 363 g/mol. The second-order valence-electron chi connectivity index (χ2n) is 5.82. The monoisotopic (exact) mass is 381 g/mol. The average Bonchev–Trinajstić information content (AvgIpc) is 2.61. The SMILES string of the molecule is CCN(CC(=O)Nc1ccccc1C(F)(F)F)Cc1ccc([N+](=O)[O-])cc1. The Morgan fingerprint density at radius 3 is 2.33 bits per heavy atom. The molecule has 2 aromatic rings. The Kier molecular flexibility index (Phi) is 6.51. The summed E-state index contributed by atoms with van der Waals surface area (Å²) >= 11 is 0. The number of hydrogen-bond donors (Lipinski definition) is 1. The van der Waals surface area contributed by atoms with E-state index in [0.717, 1.165) is 11.6 Å². The number of alkyl halides is 3. The predicted molar refractivity (Wildman–Crippen MR) is 94.1 cm³/mol. The number of nitro groups is 1. The highest BCUT2D eigenvalue weighted by atomic mass is 19.4. The van der Waals surface area contributed by atoms with E-state index in [-0.39, 0.29) is 17.9 Å². The Labute approximate surface area is 153 Å². The molecule has 0 atom stereocenters. The van der Waals surface area contributed by atoms with Crippen molar-refractivity contribution in [1.82, 2.24) is 4.90 Å². The first-order valence-corrected chi connectivity index (χ1v) is 8.12. The Morgan fingerprint density at radius 2 is 1.78 bits per heavy atom. The van der Waals surface area contributed by atoms with Crippen LogP contribution in [0.15, 0.2) is 48.5 Å². The van der Waals surface area contributed by atoms with Crippen molar-refractivity contribution in [3.05, 3.63) is 69.8 Å². The topological polar surface area (TPSA) is 75.5 Å². The van der Waals surface area contributed by atoms with Crippen LogP contribution >= 0.6 is 0 Å². The summed E-state index contributed by atoms with van der Waals surface area (Å²) in [6.07, 6.45) is -4.56. The third-order valence-electron chi connectivity index (χ3n) is 3.87. The summed E-state index contributed by atoms with van der Waals surface area (Å²) in [5.74, 6) is -0.574. The number of anilines is 1. The maximum absolute atomic E-state index is 13.0. The Hall–Kier alpha value is -2.94. The van der Waals surface area contributed by atoms with E-state index in [0.29, 0.717) is 13.1 Å². The van der Waals surface area contributed by atoms with Crippen LogP contribution in [0.2, 0.25) is 0 Å². The third-order valence-corrected chi connectivity index (χ3v) is 3.87. The van der Waals surface area contributed by atoms with Gasteiger partial charge in [0.1, 0.15) is 0 Å². The van der Waals surface area contributed by atoms with E-state index in [4.69, 9.17) is 0 Å². The van der Waals surface area contributed by atoms with Gasteiger partial charge in [0.25, 0.3) is 5.69 Å². The van der Waals surface area contributed by atoms with Gasteiger partial charge in [0, 0.05) is 18.7 Å². The number of benzene rings is 2. The fraction of sp³-hybridized carbons (Fsp3) is 0.278. The zero-order chi connectivity index (χ0) is 20.0. The van der Waals surface area contributed by atoms with Crippen molar-refractivity contribution < 1.29 is 22.9 Å². The number of likely N-dealkylation sites (N-methyl/N-ethyl adjacent to an activating group) is 1. The first-order chi connectivity index (χ1) is 12.7. The summed E-state index contributed by atoms with van der Waals surface area (Å²) in [6.45, 7) is 2.51. The van der Waals surface area contributed by atoms with Gasteiger partial charge >= 0.3 is 6.18 Å². The van der Waals surface area contributed by atoms with Gasteiger partial charge in [0.2, 0.25) is 5.91 Å². The number of amides is 1. The summed E-state index contributed by atoms with van der Waals surface area (Å²) in [5, 5.41) is 13.0. The third kappa shape index (κ3) is 5.78. The molecule has 0 saturated heterocycles. The normalized spacial score (nSPS) is 11.4. The van der Waals surface area contributed by atoms with Crippen LogP contribution in [0, 0.1) is 10.1 Å². The number of rotatable bonds is 7. The van der Waals surface area contributed by atoms with Crippen molar-refractivity contribution in [1.29, 1.82) is 0 Å². The minimum Gasteiger partial charge on any atom is -0.324 e. The molecule has 0 heterocycles. The van der Waals surface area contributed by atoms with Gasteiger partial charge in [-0.05, 0) is 24.2 Å². The Bertz CT molecular complexity index is 807. The number of hydrogen-bond acceptors (Lipinski definition) is 4. The molecule has 0 radical (unpaired) electrons. The van der Waals surface area contributed by atoms with E-state index in [1.54, 1.807) is 17.0 Å². The van der Waals surface area contributed by atoms with E-state index in [1.165, 1.54) is 30.3 Å². The minimum atomic E-state index is -4.56. The maximum atomic E-state index is 13.0. The number of non-ortho nitro benzene ring substituents is 1. The predicted octanol–water partition coefficient (Wildman–Crippen LogP) is 4.07. The molecule has 27 heavy (non-hydrogen) atoms. The minimum absolute atomic E-state index is 0.0386. The summed E-state index contributed by atoms with van der Waals surface area (Å²) < 4.78 is 39.0. The van der Waals surface area contributed by atoms with Gasteiger partial charge in [0.05, 0.1) is 22.7 Å². The maximum Gasteiger partial charge on any atom is 0.418 e. The van der Waals surface area contributed by atoms with Gasteiger partial charge in [-0.3, -0.25) is 19.8 Å². The fourth-order valence-electron chi connectivity index (χ4n) is 2.49. The first kappa shape index (κ1) is 20.4. The largest absolute Gasteiger partial charge is 0.418 e. The zero-order valence-electron chi connectivity index (χ0n) is 14.5. The van der Waals surface area contributed by atoms with Crippen molar-refractivity contribution >= 4 is 17.3 Å². The molecule has 0 aliphatic rings. The van der Waals surface area contributed by atoms with Crippen molar-refractivity contribution in [2.75, 3.05) is 18.4 Å². The van der Waals surface area contributed by atoms with Crippen molar-refractivity contribution in [3.63, 3.8) is 0 Å². The van der Waals surface area contributed by atoms with Crippen LogP contribution in [0.4, 0.5) is 24.5 Å². The van der Waals surface area contributed by atoms with Crippen molar-refractivity contribution in [2.45, 2.75) is 19.6 Å². The summed E-state index contributed by atoms with van der Waals surface area (Å²) in [4.78, 5) is 24.1. The van der Waals surface area contributed by atoms with Gasteiger partial charge in [-0.15, -0.1) is 0 Å². The molecule has 144 valence electrons. The van der Waals surface area contributed by atoms with Gasteiger partial charge in [-0.2, -0.15) is 13.2 Å². The fourth-order valence-corrected chi connectivity index (χ4v) is 2.49. The van der Waals surface area contributed by atoms with E-state index in [1.807, 2.05) is 6.92 Å². The number of nitrogens with zero attached hydrogens (tertiary/aromatic N) is 2. The van der Waals surface area contributed by atoms with Crippen LogP contribution < -0.4 is 5.32 Å². The second kappa shape index (κ2) is 8.63. The van der Waals surface area contributed by atoms with Crippen LogP contribution in [0.3, 0.4) is 0 Å². The molecule has 0 unspecified atom stereocenters. The molecular formula is C18H18F3N3O3. The standard InChI is InChI=1S/C18H18F3N3O3/c1-2-23(11-13-7-9-14(10-8-13)24(26)27)12-17(25)22-16-6-4-3-5-15(16)18(19,20)21/h3-10H,2,11-12H2,1H3,(H,22,25). The van der Waals surface area contributed by atoms with Gasteiger partial charge < -0.3 is 5.32 Å². The van der Waals surface area contributed by atoms with Gasteiger partial charge in [-0.25, -0.2) is 0 Å². The average molecular weight is 381 g/mol. The molecule has 0 fully saturated rings. The molecule has 9 heteroatoms. The van der Waals surface area contributed by atoms with E-state index in [9.17, 15) is 28.1 Å². The van der Waals surface area contributed by atoms with Crippen molar-refractivity contribution in [2.24, 2.45) is 0 Å². The number of carbonyl (C=O) groups is 1. The Morgan fingerprint density at radius 1 is 1.15 bits per heavy atom. The number of nitro benzene ring substituents is 1. The number of halogens is 3.